The standard InChI is InChI=1S/CH2O3.CH2O.2Na/c2-1(3)4;1-2;;/h(H2,2,3,4);1H2;;/q;;2*+1/p-2. The van der Waals surface area contributed by atoms with Crippen LogP contribution in [0, 0.1) is 0 Å². The minimum Gasteiger partial charge on any atom is -0.652 e. The molecule has 0 aromatic heterocycles. The zero-order valence-electron chi connectivity index (χ0n) is 4.84. The van der Waals surface area contributed by atoms with Crippen LogP contribution in [0.5, 0.6) is 0 Å². The van der Waals surface area contributed by atoms with E-state index in [0.29, 0.717) is 0 Å². The molecule has 0 aliphatic rings. The maximum absolute atomic E-state index is 8.33. The Labute approximate surface area is 90.8 Å². The molecule has 0 unspecified atom stereocenters. The maximum atomic E-state index is 8.33. The summed E-state index contributed by atoms with van der Waals surface area (Å²) in [4.78, 5) is 16.3. The van der Waals surface area contributed by atoms with Crippen LogP contribution in [0.25, 0.3) is 0 Å². The van der Waals surface area contributed by atoms with Crippen LogP contribution in [0.3, 0.4) is 0 Å². The van der Waals surface area contributed by atoms with Gasteiger partial charge in [-0.1, -0.05) is 0 Å². The van der Waals surface area contributed by atoms with Crippen molar-refractivity contribution in [2.24, 2.45) is 0 Å². The molecule has 0 rings (SSSR count). The monoisotopic (exact) mass is 136 g/mol. The van der Waals surface area contributed by atoms with Crippen LogP contribution in [0.15, 0.2) is 0 Å². The van der Waals surface area contributed by atoms with Crippen LogP contribution < -0.4 is 69.3 Å². The van der Waals surface area contributed by atoms with E-state index in [1.807, 2.05) is 6.79 Å². The van der Waals surface area contributed by atoms with Crippen molar-refractivity contribution in [2.45, 2.75) is 0 Å². The van der Waals surface area contributed by atoms with Crippen molar-refractivity contribution in [1.29, 1.82) is 0 Å². The number of carbonyl (C=O) groups is 2. The summed E-state index contributed by atoms with van der Waals surface area (Å²) in [6.45, 7) is 2.00. The Morgan fingerprint density at radius 3 is 1.12 bits per heavy atom. The van der Waals surface area contributed by atoms with E-state index in [2.05, 4.69) is 0 Å². The molecule has 0 aromatic carbocycles. The summed E-state index contributed by atoms with van der Waals surface area (Å²) in [6, 6.07) is 0. The molecule has 4 nitrogen and oxygen atoms in total. The van der Waals surface area contributed by atoms with Crippen LogP contribution >= 0.6 is 0 Å². The topological polar surface area (TPSA) is 80.3 Å². The Hall–Kier alpha value is 0.940. The van der Waals surface area contributed by atoms with E-state index in [0.717, 1.165) is 0 Å². The Kier molecular flexibility index (Phi) is 71.1. The molecule has 0 amide bonds. The van der Waals surface area contributed by atoms with E-state index in [4.69, 9.17) is 19.8 Å². The molecule has 0 heterocycles. The molecule has 0 aliphatic carbocycles. The van der Waals surface area contributed by atoms with Crippen molar-refractivity contribution in [2.75, 3.05) is 0 Å². The number of carboxylic acid groups (broad SMARTS) is 2. The third kappa shape index (κ3) is 277. The number of hydrogen-bond donors (Lipinski definition) is 0. The maximum Gasteiger partial charge on any atom is 1.00 e. The molecule has 0 saturated heterocycles. The van der Waals surface area contributed by atoms with Gasteiger partial charge in [-0.15, -0.1) is 0 Å². The van der Waals surface area contributed by atoms with Crippen molar-refractivity contribution in [1.82, 2.24) is 0 Å². The van der Waals surface area contributed by atoms with Crippen molar-refractivity contribution in [3.63, 3.8) is 0 Å². The van der Waals surface area contributed by atoms with Crippen LogP contribution in [0.4, 0.5) is 4.79 Å². The summed E-state index contributed by atoms with van der Waals surface area (Å²) in [5.41, 5.74) is 0. The van der Waals surface area contributed by atoms with Crippen molar-refractivity contribution < 1.29 is 78.9 Å². The summed E-state index contributed by atoms with van der Waals surface area (Å²) in [6.07, 6.45) is -2.33. The fourth-order valence-corrected chi connectivity index (χ4v) is 0. The van der Waals surface area contributed by atoms with E-state index in [-0.39, 0.29) is 59.1 Å². The Bertz CT molecular complexity index is 43.3. The molecular formula is C2H2Na2O4. The first-order valence-electron chi connectivity index (χ1n) is 0.901. The largest absolute Gasteiger partial charge is 1.00 e. The second-order valence-corrected chi connectivity index (χ2v) is 0.250. The molecule has 0 spiro atoms. The minimum absolute atomic E-state index is 0. The molecule has 0 atom stereocenters. The average molecular weight is 136 g/mol. The molecule has 8 heavy (non-hydrogen) atoms. The van der Waals surface area contributed by atoms with Gasteiger partial charge >= 0.3 is 59.1 Å². The number of rotatable bonds is 0. The third-order valence-electron chi connectivity index (χ3n) is 0. The summed E-state index contributed by atoms with van der Waals surface area (Å²) in [7, 11) is 0. The van der Waals surface area contributed by atoms with Gasteiger partial charge in [-0.2, -0.15) is 0 Å². The second-order valence-electron chi connectivity index (χ2n) is 0.250. The van der Waals surface area contributed by atoms with Gasteiger partial charge in [-0.3, -0.25) is 0 Å². The van der Waals surface area contributed by atoms with E-state index < -0.39 is 6.16 Å². The Balaban J connectivity index is -0.0000000183. The number of carbonyl (C=O) groups excluding carboxylic acids is 2. The van der Waals surface area contributed by atoms with E-state index in [9.17, 15) is 0 Å². The predicted octanol–water partition coefficient (Wildman–Crippen LogP) is -8.62. The van der Waals surface area contributed by atoms with Crippen LogP contribution in [-0.4, -0.2) is 12.9 Å². The summed E-state index contributed by atoms with van der Waals surface area (Å²) < 4.78 is 0. The molecule has 6 heteroatoms. The van der Waals surface area contributed by atoms with Gasteiger partial charge in [0.1, 0.15) is 6.79 Å². The van der Waals surface area contributed by atoms with Gasteiger partial charge in [-0.05, 0) is 6.16 Å². The Morgan fingerprint density at radius 1 is 1.12 bits per heavy atom. The summed E-state index contributed by atoms with van der Waals surface area (Å²) >= 11 is 0. The molecule has 0 aliphatic heterocycles. The van der Waals surface area contributed by atoms with Gasteiger partial charge < -0.3 is 19.8 Å². The fraction of sp³-hybridized carbons (Fsp3) is 0. The summed E-state index contributed by atoms with van der Waals surface area (Å²) in [5.74, 6) is 0. The molecule has 0 bridgehead atoms. The molecular weight excluding hydrogens is 134 g/mol. The normalized spacial score (nSPS) is 3.50. The van der Waals surface area contributed by atoms with Gasteiger partial charge in [0.2, 0.25) is 0 Å². The molecule has 0 aromatic rings. The van der Waals surface area contributed by atoms with Gasteiger partial charge in [0, 0.05) is 0 Å². The molecule has 0 N–H and O–H groups in total. The van der Waals surface area contributed by atoms with E-state index in [1.165, 1.54) is 0 Å². The van der Waals surface area contributed by atoms with E-state index in [1.54, 1.807) is 0 Å². The molecule has 0 radical (unpaired) electrons. The SMILES string of the molecule is C=O.O=C([O-])[O-].[Na+].[Na+]. The van der Waals surface area contributed by atoms with Crippen LogP contribution in [0.2, 0.25) is 0 Å². The smallest absolute Gasteiger partial charge is 0.652 e. The van der Waals surface area contributed by atoms with Gasteiger partial charge in [-0.25, -0.2) is 0 Å². The molecule has 0 saturated carbocycles. The second kappa shape index (κ2) is 24.6. The van der Waals surface area contributed by atoms with Gasteiger partial charge in [0.25, 0.3) is 0 Å². The third-order valence-corrected chi connectivity index (χ3v) is 0. The van der Waals surface area contributed by atoms with Crippen molar-refractivity contribution in [3.8, 4) is 0 Å². The zero-order chi connectivity index (χ0) is 5.58. The van der Waals surface area contributed by atoms with Crippen LogP contribution in [-0.2, 0) is 4.79 Å². The van der Waals surface area contributed by atoms with Crippen LogP contribution in [0.1, 0.15) is 0 Å². The first-order chi connectivity index (χ1) is 2.73. The summed E-state index contributed by atoms with van der Waals surface area (Å²) in [5, 5.41) is 16.7. The average Bonchev–Trinajstić information content (AvgIpc) is 1.41. The molecule has 36 valence electrons. The quantitative estimate of drug-likeness (QED) is 0.310. The van der Waals surface area contributed by atoms with Gasteiger partial charge in [0.05, 0.1) is 0 Å². The first-order valence-corrected chi connectivity index (χ1v) is 0.901. The minimum atomic E-state index is -2.33. The molecule has 0 fully saturated rings. The van der Waals surface area contributed by atoms with Crippen molar-refractivity contribution in [3.05, 3.63) is 0 Å². The van der Waals surface area contributed by atoms with Gasteiger partial charge in [0.15, 0.2) is 0 Å². The predicted molar refractivity (Wildman–Crippen MR) is 12.5 cm³/mol. The Morgan fingerprint density at radius 2 is 1.12 bits per heavy atom. The van der Waals surface area contributed by atoms with Crippen molar-refractivity contribution >= 4 is 12.9 Å². The van der Waals surface area contributed by atoms with E-state index >= 15 is 0 Å². The first kappa shape index (κ1) is 23.1. The number of hydrogen-bond acceptors (Lipinski definition) is 4. The zero-order valence-corrected chi connectivity index (χ0v) is 8.84. The fourth-order valence-electron chi connectivity index (χ4n) is 0.